The van der Waals surface area contributed by atoms with Gasteiger partial charge in [0, 0.05) is 12.5 Å². The average molecular weight is 871 g/mol. The molecule has 0 N–H and O–H groups in total. The van der Waals surface area contributed by atoms with Crippen LogP contribution < -0.4 is 20.0 Å². The average Bonchev–Trinajstić information content (AvgIpc) is 3.67. The Morgan fingerprint density at radius 1 is 0.951 bits per heavy atom. The number of allylic oxidation sites excluding steroid dienone is 4. The van der Waals surface area contributed by atoms with E-state index in [0.717, 1.165) is 0 Å². The molecular weight excluding hydrogens is 821 g/mol. The molecule has 2 aliphatic rings. The number of hydrogen-bond donors (Lipinski definition) is 0. The van der Waals surface area contributed by atoms with Crippen LogP contribution in [0.25, 0.3) is 6.08 Å². The minimum Gasteiger partial charge on any atom is -0.496 e. The lowest BCUT2D eigenvalue weighted by atomic mass is 9.77. The number of carbonyl (C=O) groups excluding carboxylic acids is 3. The number of sulfone groups is 1. The number of carbonyl (C=O) groups is 3. The normalized spacial score (nSPS) is 23.7. The van der Waals surface area contributed by atoms with Crippen molar-refractivity contribution in [2.45, 2.75) is 119 Å². The molecule has 6 atom stereocenters. The summed E-state index contributed by atoms with van der Waals surface area (Å²) in [4.78, 5) is 49.7. The number of esters is 3. The van der Waals surface area contributed by atoms with E-state index in [9.17, 15) is 32.8 Å². The molecule has 0 unspecified atom stereocenters. The van der Waals surface area contributed by atoms with Gasteiger partial charge in [-0.2, -0.15) is 0 Å². The summed E-state index contributed by atoms with van der Waals surface area (Å²) >= 11 is 0. The molecule has 2 aliphatic heterocycles. The maximum absolute atomic E-state index is 13.3. The third kappa shape index (κ3) is 10.8. The quantitative estimate of drug-likeness (QED) is 0.0493. The van der Waals surface area contributed by atoms with E-state index in [1.807, 2.05) is 6.92 Å². The molecule has 1 aromatic carbocycles. The number of benzene rings is 1. The molecule has 0 aliphatic carbocycles. The van der Waals surface area contributed by atoms with Gasteiger partial charge in [0.05, 0.1) is 55.4 Å². The van der Waals surface area contributed by atoms with Gasteiger partial charge in [0.15, 0.2) is 12.2 Å². The Kier molecular flexibility index (Phi) is 15.3. The van der Waals surface area contributed by atoms with Crippen molar-refractivity contribution in [1.82, 2.24) is 5.16 Å². The number of hydrogen-bond acceptors (Lipinski definition) is 17. The Morgan fingerprint density at radius 2 is 1.66 bits per heavy atom. The standard InChI is InChI=1S/C42H50N2O16S/c1-7-33-41(4)40(55-28(3)45)42(5,59-33)37(31(58-41)21-15-9-8-14-20-30-27(2)32(52-6)26-36(48)56-30)57-35(47)23-22-34(46)53-24-16-11-17-25-54-38-39(44(49)60-43-38)61(50,51)29-18-12-10-13-19-29/h8-10,12-15,18-21,26,31,33,37,40H,7,11,16-17,22-25H2,1-6H3/b9-8+,20-14+,21-15+/t31-,33+,37+,40+,41-,42+/m0/s1. The Morgan fingerprint density at radius 3 is 2.36 bits per heavy atom. The van der Waals surface area contributed by atoms with Crippen molar-refractivity contribution in [3.8, 4) is 11.6 Å². The molecule has 18 nitrogen and oxygen atoms in total. The first-order chi connectivity index (χ1) is 29.0. The summed E-state index contributed by atoms with van der Waals surface area (Å²) in [5.41, 5.74) is -2.30. The lowest BCUT2D eigenvalue weighted by Crippen LogP contribution is -2.66. The molecule has 2 bridgehead atoms. The van der Waals surface area contributed by atoms with Gasteiger partial charge < -0.3 is 42.8 Å². The Balaban J connectivity index is 1.13. The lowest BCUT2D eigenvalue weighted by Gasteiger charge is -2.48. The van der Waals surface area contributed by atoms with Crippen LogP contribution >= 0.6 is 0 Å². The number of rotatable bonds is 20. The number of fused-ring (bicyclic) bond motifs is 2. The third-order valence-corrected chi connectivity index (χ3v) is 11.9. The molecule has 2 saturated heterocycles. The van der Waals surface area contributed by atoms with Crippen molar-refractivity contribution < 1.29 is 69.9 Å². The van der Waals surface area contributed by atoms with Gasteiger partial charge in [0.25, 0.3) is 9.84 Å². The van der Waals surface area contributed by atoms with Crippen LogP contribution in [0.2, 0.25) is 0 Å². The highest BCUT2D eigenvalue weighted by Gasteiger charge is 2.71. The fraction of sp³-hybridized carbons (Fsp3) is 0.476. The molecule has 2 aromatic heterocycles. The summed E-state index contributed by atoms with van der Waals surface area (Å²) in [5, 5.41) is 14.7. The predicted molar refractivity (Wildman–Crippen MR) is 213 cm³/mol. The van der Waals surface area contributed by atoms with Crippen LogP contribution in [0.15, 0.2) is 90.5 Å². The highest BCUT2D eigenvalue weighted by atomic mass is 32.2. The van der Waals surface area contributed by atoms with Gasteiger partial charge in [-0.3, -0.25) is 19.0 Å². The molecule has 0 saturated carbocycles. The topological polar surface area (TPSA) is 233 Å². The lowest BCUT2D eigenvalue weighted by molar-refractivity contribution is -0.832. The maximum atomic E-state index is 13.3. The van der Waals surface area contributed by atoms with E-state index < -0.39 is 79.9 Å². The zero-order valence-corrected chi connectivity index (χ0v) is 35.5. The fourth-order valence-corrected chi connectivity index (χ4v) is 8.59. The van der Waals surface area contributed by atoms with E-state index in [-0.39, 0.29) is 35.9 Å². The SMILES string of the molecule is CC[C@H]1O[C@@]2(C)[C@H](OC(C)=O)[C@@]1(C)O[C@@H](/C=C/C=C/C=C/c1oc(=O)cc(OC)c1C)[C@H]2OC(=O)CCC(=O)OCCCCCOc1no[n+]([O-])c1S(=O)(=O)c1ccccc1. The molecule has 330 valence electrons. The van der Waals surface area contributed by atoms with E-state index in [1.54, 1.807) is 63.3 Å². The Hall–Kier alpha value is -5.79. The molecule has 0 spiro atoms. The predicted octanol–water partition coefficient (Wildman–Crippen LogP) is 4.68. The van der Waals surface area contributed by atoms with Crippen LogP contribution in [0, 0.1) is 12.1 Å². The summed E-state index contributed by atoms with van der Waals surface area (Å²) in [5.74, 6) is -1.65. The monoisotopic (exact) mass is 870 g/mol. The van der Waals surface area contributed by atoms with Crippen LogP contribution in [0.5, 0.6) is 11.6 Å². The van der Waals surface area contributed by atoms with E-state index in [1.165, 1.54) is 44.4 Å². The second-order valence-electron chi connectivity index (χ2n) is 14.6. The second kappa shape index (κ2) is 20.2. The van der Waals surface area contributed by atoms with Gasteiger partial charge in [0.2, 0.25) is 0 Å². The van der Waals surface area contributed by atoms with Crippen molar-refractivity contribution >= 4 is 33.8 Å². The van der Waals surface area contributed by atoms with Gasteiger partial charge in [-0.15, -0.1) is 0 Å². The summed E-state index contributed by atoms with van der Waals surface area (Å²) in [7, 11) is -2.79. The van der Waals surface area contributed by atoms with Gasteiger partial charge in [0.1, 0.15) is 28.8 Å². The molecule has 2 fully saturated rings. The largest absolute Gasteiger partial charge is 0.496 e. The Labute approximate surface area is 352 Å². The van der Waals surface area contributed by atoms with E-state index in [4.69, 9.17) is 37.6 Å². The van der Waals surface area contributed by atoms with Crippen LogP contribution in [0.3, 0.4) is 0 Å². The van der Waals surface area contributed by atoms with Gasteiger partial charge in [-0.1, -0.05) is 55.5 Å². The zero-order valence-electron chi connectivity index (χ0n) is 34.7. The molecule has 0 amide bonds. The van der Waals surface area contributed by atoms with Crippen molar-refractivity contribution in [2.75, 3.05) is 20.3 Å². The summed E-state index contributed by atoms with van der Waals surface area (Å²) in [6.07, 6.45) is 7.93. The number of ether oxygens (including phenoxy) is 7. The van der Waals surface area contributed by atoms with Crippen molar-refractivity contribution in [2.24, 2.45) is 0 Å². The van der Waals surface area contributed by atoms with Crippen molar-refractivity contribution in [3.05, 3.63) is 93.7 Å². The van der Waals surface area contributed by atoms with Gasteiger partial charge >= 0.3 is 34.4 Å². The number of nitrogens with zero attached hydrogens (tertiary/aromatic N) is 2. The third-order valence-electron chi connectivity index (χ3n) is 10.2. The van der Waals surface area contributed by atoms with E-state index >= 15 is 0 Å². The first-order valence-electron chi connectivity index (χ1n) is 19.7. The molecule has 5 rings (SSSR count). The van der Waals surface area contributed by atoms with Crippen LogP contribution in [0.1, 0.15) is 77.5 Å². The minimum atomic E-state index is -4.25. The van der Waals surface area contributed by atoms with E-state index in [0.29, 0.717) is 42.8 Å². The van der Waals surface area contributed by atoms with Crippen molar-refractivity contribution in [3.63, 3.8) is 0 Å². The van der Waals surface area contributed by atoms with Crippen molar-refractivity contribution in [1.29, 1.82) is 0 Å². The van der Waals surface area contributed by atoms with Gasteiger partial charge in [-0.05, 0) is 69.6 Å². The number of aromatic nitrogens is 2. The molecule has 19 heteroatoms. The zero-order chi connectivity index (χ0) is 44.4. The van der Waals surface area contributed by atoms with Gasteiger partial charge in [-0.25, -0.2) is 13.2 Å². The van der Waals surface area contributed by atoms with E-state index in [2.05, 4.69) is 9.79 Å². The van der Waals surface area contributed by atoms with Crippen LogP contribution in [-0.4, -0.2) is 87.4 Å². The first kappa shape index (κ1) is 46.3. The highest BCUT2D eigenvalue weighted by Crippen LogP contribution is 2.52. The number of methoxy groups -OCH3 is 1. The fourth-order valence-electron chi connectivity index (χ4n) is 7.29. The smallest absolute Gasteiger partial charge is 0.414 e. The molecular formula is C42H50N2O16S. The summed E-state index contributed by atoms with van der Waals surface area (Å²) in [6, 6.07) is 8.58. The second-order valence-corrected chi connectivity index (χ2v) is 16.5. The maximum Gasteiger partial charge on any atom is 0.414 e. The first-order valence-corrected chi connectivity index (χ1v) is 21.1. The molecule has 0 radical (unpaired) electrons. The minimum absolute atomic E-state index is 0.00189. The highest BCUT2D eigenvalue weighted by molar-refractivity contribution is 7.91. The molecule has 61 heavy (non-hydrogen) atoms. The number of unbranched alkanes of at least 4 members (excludes halogenated alkanes) is 2. The molecule has 3 aromatic rings. The Bertz CT molecular complexity index is 2280. The summed E-state index contributed by atoms with van der Waals surface area (Å²) < 4.78 is 76.3. The van der Waals surface area contributed by atoms with Crippen LogP contribution in [0.4, 0.5) is 0 Å². The molecule has 4 heterocycles. The summed E-state index contributed by atoms with van der Waals surface area (Å²) in [6.45, 7) is 8.48. The van der Waals surface area contributed by atoms with Crippen LogP contribution in [-0.2, 0) is 47.9 Å².